The van der Waals surface area contributed by atoms with Gasteiger partial charge in [-0.25, -0.2) is 0 Å². The molecule has 0 aromatic rings. The lowest BCUT2D eigenvalue weighted by molar-refractivity contribution is -0.136. The van der Waals surface area contributed by atoms with Crippen molar-refractivity contribution in [3.8, 4) is 0 Å². The molecule has 4 unspecified atom stereocenters. The van der Waals surface area contributed by atoms with E-state index in [0.29, 0.717) is 19.0 Å². The Morgan fingerprint density at radius 1 is 1.38 bits per heavy atom. The van der Waals surface area contributed by atoms with Gasteiger partial charge in [-0.1, -0.05) is 6.92 Å². The van der Waals surface area contributed by atoms with E-state index in [0.717, 1.165) is 25.7 Å². The van der Waals surface area contributed by atoms with E-state index in [-0.39, 0.29) is 24.0 Å². The van der Waals surface area contributed by atoms with E-state index in [1.54, 1.807) is 4.90 Å². The van der Waals surface area contributed by atoms with Crippen LogP contribution < -0.4 is 5.73 Å². The normalized spacial score (nSPS) is 40.1. The lowest BCUT2D eigenvalue weighted by Gasteiger charge is -2.32. The summed E-state index contributed by atoms with van der Waals surface area (Å²) >= 11 is 0. The van der Waals surface area contributed by atoms with E-state index in [1.165, 1.54) is 0 Å². The van der Waals surface area contributed by atoms with E-state index < -0.39 is 0 Å². The first-order chi connectivity index (χ1) is 7.56. The maximum Gasteiger partial charge on any atom is 0.225 e. The molecule has 1 aliphatic heterocycles. The highest BCUT2D eigenvalue weighted by molar-refractivity contribution is 5.79. The Bertz CT molecular complexity index is 260. The fraction of sp³-hybridized carbons (Fsp3) is 0.917. The van der Waals surface area contributed by atoms with E-state index in [2.05, 4.69) is 6.92 Å². The lowest BCUT2D eigenvalue weighted by Crippen LogP contribution is -2.41. The van der Waals surface area contributed by atoms with Crippen molar-refractivity contribution in [1.29, 1.82) is 0 Å². The van der Waals surface area contributed by atoms with Crippen molar-refractivity contribution in [2.75, 3.05) is 13.1 Å². The summed E-state index contributed by atoms with van der Waals surface area (Å²) in [6.45, 7) is 3.39. The molecule has 1 heterocycles. The number of amides is 1. The highest BCUT2D eigenvalue weighted by atomic mass is 16.3. The van der Waals surface area contributed by atoms with Crippen LogP contribution in [0.1, 0.15) is 32.6 Å². The van der Waals surface area contributed by atoms with E-state index in [4.69, 9.17) is 5.73 Å². The van der Waals surface area contributed by atoms with E-state index in [9.17, 15) is 9.90 Å². The summed E-state index contributed by atoms with van der Waals surface area (Å²) in [7, 11) is 0. The van der Waals surface area contributed by atoms with Crippen molar-refractivity contribution < 1.29 is 9.90 Å². The van der Waals surface area contributed by atoms with Gasteiger partial charge in [0.05, 0.1) is 6.10 Å². The fourth-order valence-corrected chi connectivity index (χ4v) is 3.06. The Labute approximate surface area is 96.8 Å². The molecule has 2 rings (SSSR count). The van der Waals surface area contributed by atoms with Crippen LogP contribution in [0.3, 0.4) is 0 Å². The molecular weight excluding hydrogens is 204 g/mol. The molecule has 4 heteroatoms. The monoisotopic (exact) mass is 226 g/mol. The van der Waals surface area contributed by atoms with Crippen LogP contribution in [0.4, 0.5) is 0 Å². The van der Waals surface area contributed by atoms with Gasteiger partial charge >= 0.3 is 0 Å². The molecule has 0 aromatic heterocycles. The zero-order chi connectivity index (χ0) is 11.7. The molecule has 4 atom stereocenters. The van der Waals surface area contributed by atoms with Crippen LogP contribution in [0.15, 0.2) is 0 Å². The van der Waals surface area contributed by atoms with Gasteiger partial charge in [0, 0.05) is 25.0 Å². The zero-order valence-corrected chi connectivity index (χ0v) is 9.93. The number of rotatable bonds is 1. The minimum absolute atomic E-state index is 0.0871. The molecule has 1 aliphatic carbocycles. The number of β-amino-alcohol motifs (C(OH)–C–C–N with tert-alkyl or cyclic N) is 1. The van der Waals surface area contributed by atoms with Crippen LogP contribution in [0.25, 0.3) is 0 Å². The van der Waals surface area contributed by atoms with Gasteiger partial charge in [-0.3, -0.25) is 4.79 Å². The van der Waals surface area contributed by atoms with Crippen LogP contribution >= 0.6 is 0 Å². The maximum absolute atomic E-state index is 12.2. The first-order valence-electron chi connectivity index (χ1n) is 6.28. The second kappa shape index (κ2) is 4.72. The number of hydrogen-bond donors (Lipinski definition) is 2. The summed E-state index contributed by atoms with van der Waals surface area (Å²) in [6, 6.07) is 0.172. The summed E-state index contributed by atoms with van der Waals surface area (Å²) in [5, 5.41) is 9.43. The Hall–Kier alpha value is -0.610. The molecule has 0 aromatic carbocycles. The molecule has 0 spiro atoms. The first-order valence-corrected chi connectivity index (χ1v) is 6.28. The predicted molar refractivity (Wildman–Crippen MR) is 61.7 cm³/mol. The number of hydrogen-bond acceptors (Lipinski definition) is 3. The molecule has 16 heavy (non-hydrogen) atoms. The second-order valence-electron chi connectivity index (χ2n) is 5.50. The van der Waals surface area contributed by atoms with E-state index in [1.807, 2.05) is 0 Å². The molecule has 2 fully saturated rings. The zero-order valence-electron chi connectivity index (χ0n) is 9.93. The number of nitrogens with zero attached hydrogens (tertiary/aromatic N) is 1. The minimum atomic E-state index is -0.321. The molecular formula is C12H22N2O2. The molecule has 0 radical (unpaired) electrons. The van der Waals surface area contributed by atoms with Crippen molar-refractivity contribution >= 4 is 5.91 Å². The number of aliphatic hydroxyl groups is 1. The van der Waals surface area contributed by atoms with Crippen LogP contribution in [-0.4, -0.2) is 41.1 Å². The average molecular weight is 226 g/mol. The van der Waals surface area contributed by atoms with Gasteiger partial charge in [0.2, 0.25) is 5.91 Å². The van der Waals surface area contributed by atoms with E-state index >= 15 is 0 Å². The SMILES string of the molecule is CC1CC(N)CC(C(=O)N2CCC(O)C2)C1. The number of carbonyl (C=O) groups excluding carboxylic acids is 1. The van der Waals surface area contributed by atoms with Crippen LogP contribution in [0, 0.1) is 11.8 Å². The van der Waals surface area contributed by atoms with Gasteiger partial charge < -0.3 is 15.7 Å². The van der Waals surface area contributed by atoms with Crippen molar-refractivity contribution in [3.63, 3.8) is 0 Å². The molecule has 2 aliphatic rings. The smallest absolute Gasteiger partial charge is 0.225 e. The number of carbonyl (C=O) groups is 1. The molecule has 0 bridgehead atoms. The Morgan fingerprint density at radius 3 is 2.69 bits per heavy atom. The fourth-order valence-electron chi connectivity index (χ4n) is 3.06. The van der Waals surface area contributed by atoms with Gasteiger partial charge in [0.1, 0.15) is 0 Å². The predicted octanol–water partition coefficient (Wildman–Crippen LogP) is 0.343. The summed E-state index contributed by atoms with van der Waals surface area (Å²) in [6.07, 6.45) is 3.21. The largest absolute Gasteiger partial charge is 0.391 e. The van der Waals surface area contributed by atoms with Crippen molar-refractivity contribution in [1.82, 2.24) is 4.90 Å². The third kappa shape index (κ3) is 2.55. The lowest BCUT2D eigenvalue weighted by atomic mass is 9.79. The van der Waals surface area contributed by atoms with Crippen molar-refractivity contribution in [2.24, 2.45) is 17.6 Å². The van der Waals surface area contributed by atoms with Gasteiger partial charge in [0.25, 0.3) is 0 Å². The maximum atomic E-state index is 12.2. The topological polar surface area (TPSA) is 66.6 Å². The second-order valence-corrected chi connectivity index (χ2v) is 5.50. The Balaban J connectivity index is 1.93. The van der Waals surface area contributed by atoms with Crippen LogP contribution in [0.2, 0.25) is 0 Å². The Kier molecular flexibility index (Phi) is 3.50. The van der Waals surface area contributed by atoms with Crippen molar-refractivity contribution in [3.05, 3.63) is 0 Å². The third-order valence-corrected chi connectivity index (χ3v) is 3.80. The molecule has 1 amide bonds. The van der Waals surface area contributed by atoms with Gasteiger partial charge in [-0.05, 0) is 31.6 Å². The number of nitrogens with two attached hydrogens (primary N) is 1. The molecule has 1 saturated carbocycles. The number of likely N-dealkylation sites (tertiary alicyclic amines) is 1. The quantitative estimate of drug-likeness (QED) is 0.677. The van der Waals surface area contributed by atoms with Gasteiger partial charge in [-0.15, -0.1) is 0 Å². The average Bonchev–Trinajstić information content (AvgIpc) is 2.62. The summed E-state index contributed by atoms with van der Waals surface area (Å²) < 4.78 is 0. The van der Waals surface area contributed by atoms with Crippen LogP contribution in [0.5, 0.6) is 0 Å². The summed E-state index contributed by atoms with van der Waals surface area (Å²) in [5.41, 5.74) is 5.96. The minimum Gasteiger partial charge on any atom is -0.391 e. The standard InChI is InChI=1S/C12H22N2O2/c1-8-4-9(6-10(13)5-8)12(16)14-3-2-11(15)7-14/h8-11,15H,2-7,13H2,1H3. The number of aliphatic hydroxyl groups excluding tert-OH is 1. The molecule has 92 valence electrons. The summed E-state index contributed by atoms with van der Waals surface area (Å²) in [5.74, 6) is 0.841. The third-order valence-electron chi connectivity index (χ3n) is 3.80. The highest BCUT2D eigenvalue weighted by Gasteiger charge is 2.34. The van der Waals surface area contributed by atoms with Crippen molar-refractivity contribution in [2.45, 2.75) is 44.8 Å². The molecule has 3 N–H and O–H groups in total. The molecule has 4 nitrogen and oxygen atoms in total. The summed E-state index contributed by atoms with van der Waals surface area (Å²) in [4.78, 5) is 14.0. The molecule has 1 saturated heterocycles. The Morgan fingerprint density at radius 2 is 2.12 bits per heavy atom. The first kappa shape index (κ1) is 11.9. The highest BCUT2D eigenvalue weighted by Crippen LogP contribution is 2.30. The van der Waals surface area contributed by atoms with Gasteiger partial charge in [0.15, 0.2) is 0 Å². The van der Waals surface area contributed by atoms with Crippen LogP contribution in [-0.2, 0) is 4.79 Å². The van der Waals surface area contributed by atoms with Gasteiger partial charge in [-0.2, -0.15) is 0 Å².